The van der Waals surface area contributed by atoms with Crippen molar-refractivity contribution in [2.45, 2.75) is 12.8 Å². The zero-order valence-corrected chi connectivity index (χ0v) is 20.7. The van der Waals surface area contributed by atoms with E-state index in [1.54, 1.807) is 6.07 Å². The summed E-state index contributed by atoms with van der Waals surface area (Å²) >= 11 is 1.02. The van der Waals surface area contributed by atoms with E-state index in [2.05, 4.69) is 37.7 Å². The van der Waals surface area contributed by atoms with Crippen molar-refractivity contribution in [1.29, 1.82) is 0 Å². The number of nitrogens with zero attached hydrogens (tertiary/aromatic N) is 3. The molecule has 0 bridgehead atoms. The molecule has 0 saturated carbocycles. The lowest BCUT2D eigenvalue weighted by Crippen LogP contribution is -2.44. The highest BCUT2D eigenvalue weighted by Crippen LogP contribution is 2.31. The van der Waals surface area contributed by atoms with Crippen LogP contribution in [0, 0.1) is 5.92 Å². The molecule has 2 saturated heterocycles. The van der Waals surface area contributed by atoms with Crippen LogP contribution >= 0.6 is 11.3 Å². The SMILES string of the molecule is CN1CCN(c2ccc(C(=O)Nc3[nH]nc4sc(C(=O)O)cc34)c(NC(=O)C3CCOCC3)c2)CC1. The van der Waals surface area contributed by atoms with Crippen molar-refractivity contribution in [1.82, 2.24) is 15.1 Å². The molecule has 12 heteroatoms. The third kappa shape index (κ3) is 5.06. The first-order valence-electron chi connectivity index (χ1n) is 11.9. The van der Waals surface area contributed by atoms with Crippen molar-refractivity contribution in [2.75, 3.05) is 62.0 Å². The average Bonchev–Trinajstić information content (AvgIpc) is 3.47. The van der Waals surface area contributed by atoms with Gasteiger partial charge in [-0.2, -0.15) is 5.10 Å². The molecule has 36 heavy (non-hydrogen) atoms. The number of carboxylic acids is 1. The van der Waals surface area contributed by atoms with Gasteiger partial charge in [0.25, 0.3) is 5.91 Å². The Bertz CT molecular complexity index is 1290. The number of likely N-dealkylation sites (N-methyl/N-ethyl adjacent to an activating group) is 1. The van der Waals surface area contributed by atoms with E-state index in [4.69, 9.17) is 4.74 Å². The van der Waals surface area contributed by atoms with Crippen LogP contribution in [0.1, 0.15) is 32.9 Å². The number of ether oxygens (including phenoxy) is 1. The number of H-pyrrole nitrogens is 1. The first-order chi connectivity index (χ1) is 17.4. The van der Waals surface area contributed by atoms with Crippen molar-refractivity contribution in [3.8, 4) is 0 Å². The second-order valence-electron chi connectivity index (χ2n) is 9.08. The number of carbonyl (C=O) groups excluding carboxylic acids is 2. The number of nitrogens with one attached hydrogen (secondary N) is 3. The molecule has 1 aromatic carbocycles. The van der Waals surface area contributed by atoms with E-state index in [9.17, 15) is 19.5 Å². The summed E-state index contributed by atoms with van der Waals surface area (Å²) in [5.74, 6) is -1.47. The third-order valence-electron chi connectivity index (χ3n) is 6.67. The van der Waals surface area contributed by atoms with E-state index in [-0.39, 0.29) is 16.7 Å². The van der Waals surface area contributed by atoms with Gasteiger partial charge in [-0.3, -0.25) is 14.7 Å². The van der Waals surface area contributed by atoms with E-state index < -0.39 is 11.9 Å². The van der Waals surface area contributed by atoms with E-state index in [0.717, 1.165) is 43.2 Å². The lowest BCUT2D eigenvalue weighted by atomic mass is 9.99. The maximum atomic E-state index is 13.3. The summed E-state index contributed by atoms with van der Waals surface area (Å²) in [5.41, 5.74) is 1.69. The predicted octanol–water partition coefficient (Wildman–Crippen LogP) is 2.69. The predicted molar refractivity (Wildman–Crippen MR) is 137 cm³/mol. The second kappa shape index (κ2) is 10.2. The summed E-state index contributed by atoms with van der Waals surface area (Å²) in [7, 11) is 2.09. The summed E-state index contributed by atoms with van der Waals surface area (Å²) < 4.78 is 5.38. The number of piperazine rings is 1. The summed E-state index contributed by atoms with van der Waals surface area (Å²) in [5, 5.41) is 22.4. The summed E-state index contributed by atoms with van der Waals surface area (Å²) in [6.07, 6.45) is 1.28. The van der Waals surface area contributed by atoms with Crippen LogP contribution in [0.3, 0.4) is 0 Å². The second-order valence-corrected chi connectivity index (χ2v) is 10.1. The minimum absolute atomic E-state index is 0.129. The highest BCUT2D eigenvalue weighted by Gasteiger charge is 2.25. The monoisotopic (exact) mass is 512 g/mol. The number of rotatable bonds is 6. The normalized spacial score (nSPS) is 17.3. The molecule has 2 aromatic heterocycles. The Kier molecular flexibility index (Phi) is 6.90. The van der Waals surface area contributed by atoms with Crippen molar-refractivity contribution in [2.24, 2.45) is 5.92 Å². The van der Waals surface area contributed by atoms with Gasteiger partial charge in [-0.05, 0) is 44.2 Å². The van der Waals surface area contributed by atoms with Crippen LogP contribution in [0.5, 0.6) is 0 Å². The highest BCUT2D eigenvalue weighted by molar-refractivity contribution is 7.20. The fourth-order valence-electron chi connectivity index (χ4n) is 4.48. The van der Waals surface area contributed by atoms with Crippen LogP contribution in [0.25, 0.3) is 10.2 Å². The Morgan fingerprint density at radius 1 is 1.11 bits per heavy atom. The number of benzene rings is 1. The lowest BCUT2D eigenvalue weighted by Gasteiger charge is -2.34. The van der Waals surface area contributed by atoms with Gasteiger partial charge in [-0.15, -0.1) is 11.3 Å². The number of aromatic amines is 1. The fraction of sp³-hybridized carbons (Fsp3) is 0.417. The molecule has 2 aliphatic rings. The number of hydrogen-bond acceptors (Lipinski definition) is 8. The van der Waals surface area contributed by atoms with E-state index >= 15 is 0 Å². The molecule has 4 N–H and O–H groups in total. The maximum absolute atomic E-state index is 13.3. The van der Waals surface area contributed by atoms with Crippen molar-refractivity contribution >= 4 is 56.5 Å². The van der Waals surface area contributed by atoms with Gasteiger partial charge in [0, 0.05) is 51.0 Å². The summed E-state index contributed by atoms with van der Waals surface area (Å²) in [4.78, 5) is 42.8. The number of hydrogen-bond donors (Lipinski definition) is 4. The van der Waals surface area contributed by atoms with E-state index in [0.29, 0.717) is 53.3 Å². The lowest BCUT2D eigenvalue weighted by molar-refractivity contribution is -0.122. The summed E-state index contributed by atoms with van der Waals surface area (Å²) in [6.45, 7) is 4.65. The van der Waals surface area contributed by atoms with Crippen LogP contribution < -0.4 is 15.5 Å². The largest absolute Gasteiger partial charge is 0.477 e. The molecule has 2 aliphatic heterocycles. The Morgan fingerprint density at radius 2 is 1.86 bits per heavy atom. The number of amides is 2. The van der Waals surface area contributed by atoms with Crippen LogP contribution in [0.2, 0.25) is 0 Å². The number of carbonyl (C=O) groups is 3. The van der Waals surface area contributed by atoms with Crippen LogP contribution in [0.4, 0.5) is 17.2 Å². The van der Waals surface area contributed by atoms with Crippen molar-refractivity contribution in [3.63, 3.8) is 0 Å². The Balaban J connectivity index is 1.42. The molecule has 11 nitrogen and oxygen atoms in total. The minimum Gasteiger partial charge on any atom is -0.477 e. The van der Waals surface area contributed by atoms with E-state index in [1.165, 1.54) is 6.07 Å². The minimum atomic E-state index is -1.05. The molecule has 3 aromatic rings. The van der Waals surface area contributed by atoms with Crippen LogP contribution in [0.15, 0.2) is 24.3 Å². The molecule has 190 valence electrons. The smallest absolute Gasteiger partial charge is 0.345 e. The molecule has 0 radical (unpaired) electrons. The number of fused-ring (bicyclic) bond motifs is 1. The zero-order chi connectivity index (χ0) is 25.2. The molecular weight excluding hydrogens is 484 g/mol. The Labute approximate surface area is 211 Å². The molecule has 0 atom stereocenters. The molecule has 0 unspecified atom stereocenters. The topological polar surface area (TPSA) is 140 Å². The molecule has 2 amide bonds. The first-order valence-corrected chi connectivity index (χ1v) is 12.7. The van der Waals surface area contributed by atoms with Crippen LogP contribution in [-0.2, 0) is 9.53 Å². The van der Waals surface area contributed by atoms with Gasteiger partial charge in [0.15, 0.2) is 0 Å². The van der Waals surface area contributed by atoms with Gasteiger partial charge in [-0.25, -0.2) is 4.79 Å². The number of thiophene rings is 1. The summed E-state index contributed by atoms with van der Waals surface area (Å²) in [6, 6.07) is 6.94. The molecule has 5 rings (SSSR count). The number of aromatic nitrogens is 2. The average molecular weight is 513 g/mol. The molecule has 4 heterocycles. The van der Waals surface area contributed by atoms with E-state index in [1.807, 2.05) is 12.1 Å². The molecule has 2 fully saturated rings. The van der Waals surface area contributed by atoms with Gasteiger partial charge < -0.3 is 30.3 Å². The van der Waals surface area contributed by atoms with Crippen molar-refractivity contribution in [3.05, 3.63) is 34.7 Å². The molecular formula is C24H28N6O5S. The zero-order valence-electron chi connectivity index (χ0n) is 19.9. The van der Waals surface area contributed by atoms with Crippen LogP contribution in [-0.4, -0.2) is 84.4 Å². The first kappa shape index (κ1) is 24.2. The quantitative estimate of drug-likeness (QED) is 0.395. The standard InChI is InChI=1S/C24H28N6O5S/c1-29-6-8-30(9-7-29)15-2-3-16(18(12-15)25-21(31)14-4-10-35-11-5-14)22(32)26-20-17-13-19(24(33)34)36-23(17)28-27-20/h2-3,12-14H,4-11H2,1H3,(H,25,31)(H,33,34)(H2,26,27,28,32). The van der Waals surface area contributed by atoms with Gasteiger partial charge in [0.2, 0.25) is 5.91 Å². The molecule has 0 spiro atoms. The highest BCUT2D eigenvalue weighted by atomic mass is 32.1. The molecule has 0 aliphatic carbocycles. The third-order valence-corrected chi connectivity index (χ3v) is 7.68. The van der Waals surface area contributed by atoms with Gasteiger partial charge in [0.1, 0.15) is 15.5 Å². The fourth-order valence-corrected chi connectivity index (χ4v) is 5.32. The number of carboxylic acid groups (broad SMARTS) is 1. The Hall–Kier alpha value is -3.48. The number of aromatic carboxylic acids is 1. The van der Waals surface area contributed by atoms with Gasteiger partial charge in [-0.1, -0.05) is 0 Å². The van der Waals surface area contributed by atoms with Crippen molar-refractivity contribution < 1.29 is 24.2 Å². The maximum Gasteiger partial charge on any atom is 0.345 e. The van der Waals surface area contributed by atoms with Gasteiger partial charge >= 0.3 is 5.97 Å². The number of anilines is 3. The van der Waals surface area contributed by atoms with Gasteiger partial charge in [0.05, 0.1) is 16.6 Å². The Morgan fingerprint density at radius 3 is 2.58 bits per heavy atom.